The maximum Gasteiger partial charge on any atom is 0.329 e. The van der Waals surface area contributed by atoms with Gasteiger partial charge in [-0.2, -0.15) is 4.98 Å². The number of hydrogen-bond acceptors (Lipinski definition) is 7. The van der Waals surface area contributed by atoms with Gasteiger partial charge in [-0.3, -0.25) is 0 Å². The fourth-order valence-corrected chi connectivity index (χ4v) is 3.66. The first-order valence-corrected chi connectivity index (χ1v) is 9.17. The number of nitrogens with two attached hydrogens (primary N) is 2. The predicted octanol–water partition coefficient (Wildman–Crippen LogP) is 3.78. The molecule has 7 nitrogen and oxygen atoms in total. The molecule has 4 N–H and O–H groups in total. The molecule has 2 aromatic carbocycles. The molecule has 0 amide bonds. The summed E-state index contributed by atoms with van der Waals surface area (Å²) in [5.41, 5.74) is 15.6. The van der Waals surface area contributed by atoms with E-state index in [9.17, 15) is 0 Å². The van der Waals surface area contributed by atoms with Crippen LogP contribution in [0.1, 0.15) is 22.6 Å². The van der Waals surface area contributed by atoms with Gasteiger partial charge in [0.1, 0.15) is 11.4 Å². The van der Waals surface area contributed by atoms with E-state index in [0.29, 0.717) is 29.5 Å². The van der Waals surface area contributed by atoms with Crippen LogP contribution in [0.15, 0.2) is 59.1 Å². The maximum absolute atomic E-state index is 6.25. The third-order valence-corrected chi connectivity index (χ3v) is 4.96. The number of methoxy groups -OCH3 is 2. The molecule has 0 saturated heterocycles. The molecule has 0 aliphatic heterocycles. The molecular formula is C22H22N4O3. The minimum Gasteiger partial charge on any atom is -0.489 e. The van der Waals surface area contributed by atoms with Gasteiger partial charge in [0.25, 0.3) is 0 Å². The molecule has 1 atom stereocenters. The number of ether oxygens (including phenoxy) is 2. The number of aromatic nitrogens is 2. The summed E-state index contributed by atoms with van der Waals surface area (Å²) in [6, 6.07) is 16.0. The molecule has 0 saturated carbocycles. The van der Waals surface area contributed by atoms with Crippen LogP contribution in [0.5, 0.6) is 11.7 Å². The van der Waals surface area contributed by atoms with Crippen LogP contribution < -0.4 is 20.9 Å². The van der Waals surface area contributed by atoms with Crippen LogP contribution in [0.3, 0.4) is 0 Å². The van der Waals surface area contributed by atoms with Crippen LogP contribution in [0.4, 0.5) is 11.8 Å². The largest absolute Gasteiger partial charge is 0.489 e. The fraction of sp³-hybridized carbons (Fsp3) is 0.182. The number of rotatable bonds is 6. The summed E-state index contributed by atoms with van der Waals surface area (Å²) in [6.45, 7) is 0. The smallest absolute Gasteiger partial charge is 0.329 e. The molecule has 0 fully saturated rings. The molecule has 2 heterocycles. The molecule has 0 aliphatic carbocycles. The van der Waals surface area contributed by atoms with E-state index in [0.717, 1.165) is 22.1 Å². The number of nitrogen functional groups attached to an aromatic ring is 2. The minimum atomic E-state index is -0.141. The van der Waals surface area contributed by atoms with Crippen molar-refractivity contribution in [3.63, 3.8) is 0 Å². The quantitative estimate of drug-likeness (QED) is 0.515. The predicted molar refractivity (Wildman–Crippen MR) is 112 cm³/mol. The molecule has 7 heteroatoms. The van der Waals surface area contributed by atoms with Crippen molar-refractivity contribution >= 4 is 22.7 Å². The molecule has 2 aromatic heterocycles. The lowest BCUT2D eigenvalue weighted by molar-refractivity contribution is 0.287. The highest BCUT2D eigenvalue weighted by atomic mass is 16.6. The van der Waals surface area contributed by atoms with Crippen molar-refractivity contribution < 1.29 is 13.9 Å². The number of furan rings is 1. The van der Waals surface area contributed by atoms with Crippen LogP contribution >= 0.6 is 0 Å². The first kappa shape index (κ1) is 18.6. The van der Waals surface area contributed by atoms with Gasteiger partial charge in [-0.05, 0) is 23.6 Å². The van der Waals surface area contributed by atoms with E-state index in [1.807, 2.05) is 36.4 Å². The van der Waals surface area contributed by atoms with Crippen molar-refractivity contribution in [3.05, 3.63) is 71.4 Å². The Morgan fingerprint density at radius 1 is 0.966 bits per heavy atom. The van der Waals surface area contributed by atoms with Crippen molar-refractivity contribution in [1.29, 1.82) is 0 Å². The first-order chi connectivity index (χ1) is 14.1. The van der Waals surface area contributed by atoms with Gasteiger partial charge in [-0.1, -0.05) is 42.5 Å². The molecule has 148 valence electrons. The van der Waals surface area contributed by atoms with E-state index in [4.69, 9.17) is 25.4 Å². The summed E-state index contributed by atoms with van der Waals surface area (Å²) in [7, 11) is 3.14. The molecule has 4 aromatic rings. The van der Waals surface area contributed by atoms with Gasteiger partial charge in [0, 0.05) is 17.7 Å². The normalized spacial score (nSPS) is 12.1. The second-order valence-corrected chi connectivity index (χ2v) is 6.66. The lowest BCUT2D eigenvalue weighted by Gasteiger charge is -2.20. The van der Waals surface area contributed by atoms with Crippen molar-refractivity contribution in [2.75, 3.05) is 25.7 Å². The van der Waals surface area contributed by atoms with Gasteiger partial charge in [0.15, 0.2) is 0 Å². The van der Waals surface area contributed by atoms with Gasteiger partial charge in [0.2, 0.25) is 11.7 Å². The number of hydrogen-bond donors (Lipinski definition) is 2. The van der Waals surface area contributed by atoms with Gasteiger partial charge in [-0.25, -0.2) is 4.98 Å². The van der Waals surface area contributed by atoms with Crippen molar-refractivity contribution in [2.45, 2.75) is 12.3 Å². The van der Waals surface area contributed by atoms with E-state index in [-0.39, 0.29) is 11.9 Å². The van der Waals surface area contributed by atoms with Gasteiger partial charge >= 0.3 is 5.95 Å². The SMILES string of the molecule is COc1oc2cccc(C(Cc3ccccc3)c3cnc(N)nc3N)c2c1OC. The number of anilines is 2. The Bertz CT molecular complexity index is 1140. The van der Waals surface area contributed by atoms with Crippen LogP contribution in [0, 0.1) is 0 Å². The summed E-state index contributed by atoms with van der Waals surface area (Å²) in [6.07, 6.45) is 2.38. The Balaban J connectivity index is 1.95. The Hall–Kier alpha value is -3.74. The highest BCUT2D eigenvalue weighted by Gasteiger charge is 2.26. The summed E-state index contributed by atoms with van der Waals surface area (Å²) in [5.74, 6) is 1.23. The Labute approximate surface area is 168 Å². The van der Waals surface area contributed by atoms with Crippen LogP contribution in [-0.2, 0) is 6.42 Å². The number of nitrogens with zero attached hydrogens (tertiary/aromatic N) is 2. The van der Waals surface area contributed by atoms with Crippen molar-refractivity contribution in [3.8, 4) is 11.7 Å². The zero-order valence-electron chi connectivity index (χ0n) is 16.3. The lowest BCUT2D eigenvalue weighted by Crippen LogP contribution is -2.12. The maximum atomic E-state index is 6.25. The zero-order valence-corrected chi connectivity index (χ0v) is 16.3. The number of fused-ring (bicyclic) bond motifs is 1. The molecule has 0 aliphatic rings. The minimum absolute atomic E-state index is 0.141. The Morgan fingerprint density at radius 2 is 1.76 bits per heavy atom. The fourth-order valence-electron chi connectivity index (χ4n) is 3.66. The molecular weight excluding hydrogens is 368 g/mol. The second-order valence-electron chi connectivity index (χ2n) is 6.66. The van der Waals surface area contributed by atoms with Crippen molar-refractivity contribution in [2.24, 2.45) is 0 Å². The van der Waals surface area contributed by atoms with Crippen molar-refractivity contribution in [1.82, 2.24) is 9.97 Å². The van der Waals surface area contributed by atoms with Crippen LogP contribution in [0.2, 0.25) is 0 Å². The van der Waals surface area contributed by atoms with E-state index >= 15 is 0 Å². The molecule has 0 radical (unpaired) electrons. The second kappa shape index (κ2) is 7.71. The summed E-state index contributed by atoms with van der Waals surface area (Å²) < 4.78 is 16.8. The van der Waals surface area contributed by atoms with E-state index in [2.05, 4.69) is 22.1 Å². The van der Waals surface area contributed by atoms with Gasteiger partial charge in [-0.15, -0.1) is 0 Å². The van der Waals surface area contributed by atoms with E-state index in [1.54, 1.807) is 20.4 Å². The average Bonchev–Trinajstić information content (AvgIpc) is 3.11. The van der Waals surface area contributed by atoms with Gasteiger partial charge < -0.3 is 25.4 Å². The van der Waals surface area contributed by atoms with E-state index in [1.165, 1.54) is 0 Å². The molecule has 4 rings (SSSR count). The summed E-state index contributed by atoms with van der Waals surface area (Å²) in [4.78, 5) is 8.35. The summed E-state index contributed by atoms with van der Waals surface area (Å²) in [5, 5.41) is 0.837. The average molecular weight is 390 g/mol. The van der Waals surface area contributed by atoms with E-state index < -0.39 is 0 Å². The molecule has 0 spiro atoms. The highest BCUT2D eigenvalue weighted by molar-refractivity contribution is 5.91. The third kappa shape index (κ3) is 3.42. The standard InChI is InChI=1S/C22H22N4O3/c1-27-19-18-14(9-6-10-17(18)29-21(19)28-2)15(11-13-7-4-3-5-8-13)16-12-25-22(24)26-20(16)23/h3-10,12,15H,11H2,1-2H3,(H4,23,24,25,26). The lowest BCUT2D eigenvalue weighted by atomic mass is 9.85. The molecule has 29 heavy (non-hydrogen) atoms. The topological polar surface area (TPSA) is 109 Å². The monoisotopic (exact) mass is 390 g/mol. The molecule has 0 bridgehead atoms. The van der Waals surface area contributed by atoms with Gasteiger partial charge in [0.05, 0.1) is 19.6 Å². The summed E-state index contributed by atoms with van der Waals surface area (Å²) >= 11 is 0. The highest BCUT2D eigenvalue weighted by Crippen LogP contribution is 2.45. The number of benzene rings is 2. The van der Waals surface area contributed by atoms with Crippen LogP contribution in [-0.4, -0.2) is 24.2 Å². The Morgan fingerprint density at radius 3 is 2.45 bits per heavy atom. The Kier molecular flexibility index (Phi) is 4.95. The first-order valence-electron chi connectivity index (χ1n) is 9.17. The van der Waals surface area contributed by atoms with Crippen LogP contribution in [0.25, 0.3) is 11.0 Å². The third-order valence-electron chi connectivity index (χ3n) is 4.96. The molecule has 1 unspecified atom stereocenters. The zero-order chi connectivity index (χ0) is 20.4.